The van der Waals surface area contributed by atoms with Gasteiger partial charge in [-0.3, -0.25) is 4.79 Å². The molecule has 5 nitrogen and oxygen atoms in total. The van der Waals surface area contributed by atoms with Gasteiger partial charge in [-0.25, -0.2) is 4.98 Å². The van der Waals surface area contributed by atoms with Crippen LogP contribution in [0.2, 0.25) is 10.0 Å². The monoisotopic (exact) mass is 516 g/mol. The molecule has 2 heterocycles. The van der Waals surface area contributed by atoms with Crippen molar-refractivity contribution in [2.24, 2.45) is 0 Å². The molecule has 0 aliphatic heterocycles. The molecule has 36 heavy (non-hydrogen) atoms. The zero-order chi connectivity index (χ0) is 25.2. The second kappa shape index (κ2) is 10.1. The van der Waals surface area contributed by atoms with Gasteiger partial charge in [0.25, 0.3) is 0 Å². The lowest BCUT2D eigenvalue weighted by Crippen LogP contribution is -2.20. The minimum absolute atomic E-state index is 0.234. The van der Waals surface area contributed by atoms with Crippen LogP contribution < -0.4 is 5.32 Å². The number of halogens is 2. The highest BCUT2D eigenvalue weighted by Crippen LogP contribution is 2.34. The average Bonchev–Trinajstić information content (AvgIpc) is 3.51. The summed E-state index contributed by atoms with van der Waals surface area (Å²) in [5.74, 6) is 1.45. The van der Waals surface area contributed by atoms with Crippen LogP contribution in [0.15, 0.2) is 81.6 Å². The Hall–Kier alpha value is -3.80. The molecule has 180 valence electrons. The molecular formula is C29H22Cl2N2O3. The lowest BCUT2D eigenvalue weighted by atomic mass is 10.1. The van der Waals surface area contributed by atoms with Crippen LogP contribution in [0, 0.1) is 13.8 Å². The molecule has 0 fully saturated rings. The normalized spacial score (nSPS) is 11.4. The van der Waals surface area contributed by atoms with Gasteiger partial charge in [0.2, 0.25) is 11.8 Å². The van der Waals surface area contributed by atoms with Gasteiger partial charge < -0.3 is 14.2 Å². The molecule has 3 aromatic carbocycles. The highest BCUT2D eigenvalue weighted by molar-refractivity contribution is 6.43. The lowest BCUT2D eigenvalue weighted by Gasteiger charge is -2.03. The zero-order valence-corrected chi connectivity index (χ0v) is 21.2. The fourth-order valence-electron chi connectivity index (χ4n) is 3.76. The minimum Gasteiger partial charge on any atom is -0.457 e. The summed E-state index contributed by atoms with van der Waals surface area (Å²) in [7, 11) is 0. The maximum absolute atomic E-state index is 12.3. The van der Waals surface area contributed by atoms with E-state index in [4.69, 9.17) is 32.0 Å². The Kier molecular flexibility index (Phi) is 6.68. The number of aryl methyl sites for hydroxylation is 2. The summed E-state index contributed by atoms with van der Waals surface area (Å²) < 4.78 is 11.7. The number of fused-ring (bicyclic) bond motifs is 1. The molecule has 5 aromatic rings. The van der Waals surface area contributed by atoms with E-state index in [1.54, 1.807) is 30.3 Å². The summed E-state index contributed by atoms with van der Waals surface area (Å²) in [5, 5.41) is 3.75. The van der Waals surface area contributed by atoms with E-state index >= 15 is 0 Å². The first-order valence-corrected chi connectivity index (χ1v) is 12.1. The van der Waals surface area contributed by atoms with Gasteiger partial charge >= 0.3 is 0 Å². The van der Waals surface area contributed by atoms with Crippen molar-refractivity contribution in [2.75, 3.05) is 0 Å². The number of oxazole rings is 1. The fraction of sp³-hybridized carbons (Fsp3) is 0.103. The number of nitrogens with one attached hydrogen (secondary N) is 1. The summed E-state index contributed by atoms with van der Waals surface area (Å²) in [6, 6.07) is 20.7. The van der Waals surface area contributed by atoms with Crippen molar-refractivity contribution in [1.29, 1.82) is 0 Å². The Morgan fingerprint density at radius 3 is 2.56 bits per heavy atom. The highest BCUT2D eigenvalue weighted by Gasteiger charge is 2.11. The summed E-state index contributed by atoms with van der Waals surface area (Å²) in [4.78, 5) is 16.9. The summed E-state index contributed by atoms with van der Waals surface area (Å²) >= 11 is 12.3. The van der Waals surface area contributed by atoms with E-state index in [0.29, 0.717) is 39.6 Å². The lowest BCUT2D eigenvalue weighted by molar-refractivity contribution is -0.116. The SMILES string of the molecule is Cc1cc2nc(-c3ccc(CNC(=O)/C=C/c4ccc(-c5cccc(Cl)c5Cl)o4)cc3)oc2cc1C. The third kappa shape index (κ3) is 5.08. The van der Waals surface area contributed by atoms with Gasteiger partial charge in [0.1, 0.15) is 17.0 Å². The van der Waals surface area contributed by atoms with Crippen molar-refractivity contribution in [2.45, 2.75) is 20.4 Å². The zero-order valence-electron chi connectivity index (χ0n) is 19.6. The maximum Gasteiger partial charge on any atom is 0.244 e. The summed E-state index contributed by atoms with van der Waals surface area (Å²) in [6.45, 7) is 4.50. The van der Waals surface area contributed by atoms with E-state index in [1.165, 1.54) is 17.2 Å². The van der Waals surface area contributed by atoms with Crippen molar-refractivity contribution >= 4 is 46.3 Å². The molecule has 0 bridgehead atoms. The Bertz CT molecular complexity index is 1560. The molecule has 1 amide bonds. The second-order valence-electron chi connectivity index (χ2n) is 8.47. The topological polar surface area (TPSA) is 68.3 Å². The number of furan rings is 1. The first-order valence-electron chi connectivity index (χ1n) is 11.3. The Balaban J connectivity index is 1.19. The molecule has 5 rings (SSSR count). The van der Waals surface area contributed by atoms with Gasteiger partial charge in [0.05, 0.1) is 10.0 Å². The second-order valence-corrected chi connectivity index (χ2v) is 9.26. The first kappa shape index (κ1) is 23.9. The Morgan fingerprint density at radius 2 is 1.75 bits per heavy atom. The maximum atomic E-state index is 12.3. The van der Waals surface area contributed by atoms with Crippen LogP contribution in [0.5, 0.6) is 0 Å². The molecule has 2 aromatic heterocycles. The van der Waals surface area contributed by atoms with Crippen LogP contribution in [0.3, 0.4) is 0 Å². The third-order valence-electron chi connectivity index (χ3n) is 5.91. The largest absolute Gasteiger partial charge is 0.457 e. The quantitative estimate of drug-likeness (QED) is 0.232. The van der Waals surface area contributed by atoms with Crippen LogP contribution in [0.4, 0.5) is 0 Å². The molecule has 0 aliphatic rings. The predicted molar refractivity (Wildman–Crippen MR) is 144 cm³/mol. The molecular weight excluding hydrogens is 495 g/mol. The number of carbonyl (C=O) groups is 1. The number of amides is 1. The Labute approximate surface area is 218 Å². The molecule has 0 aliphatic carbocycles. The molecule has 0 unspecified atom stereocenters. The smallest absolute Gasteiger partial charge is 0.244 e. The van der Waals surface area contributed by atoms with Crippen molar-refractivity contribution in [3.8, 4) is 22.8 Å². The molecule has 0 saturated carbocycles. The van der Waals surface area contributed by atoms with E-state index in [2.05, 4.69) is 24.1 Å². The van der Waals surface area contributed by atoms with Crippen LogP contribution >= 0.6 is 23.2 Å². The predicted octanol–water partition coefficient (Wildman–Crippen LogP) is 8.01. The Morgan fingerprint density at radius 1 is 0.972 bits per heavy atom. The standard InChI is InChI=1S/C29H22Cl2N2O3/c1-17-14-24-26(15-18(17)2)36-29(33-24)20-8-6-19(7-9-20)16-32-27(34)13-11-21-10-12-25(35-21)22-4-3-5-23(30)28(22)31/h3-15H,16H2,1-2H3,(H,32,34)/b13-11+. The van der Waals surface area contributed by atoms with E-state index in [0.717, 1.165) is 22.2 Å². The van der Waals surface area contributed by atoms with Gasteiger partial charge in [-0.1, -0.05) is 41.4 Å². The van der Waals surface area contributed by atoms with Gasteiger partial charge in [0, 0.05) is 23.7 Å². The number of rotatable bonds is 6. The molecule has 7 heteroatoms. The van der Waals surface area contributed by atoms with Crippen LogP contribution in [-0.4, -0.2) is 10.9 Å². The van der Waals surface area contributed by atoms with Crippen molar-refractivity contribution in [1.82, 2.24) is 10.3 Å². The number of hydrogen-bond acceptors (Lipinski definition) is 4. The van der Waals surface area contributed by atoms with E-state index in [1.807, 2.05) is 42.5 Å². The van der Waals surface area contributed by atoms with Crippen LogP contribution in [-0.2, 0) is 11.3 Å². The highest BCUT2D eigenvalue weighted by atomic mass is 35.5. The van der Waals surface area contributed by atoms with Crippen molar-refractivity contribution in [3.63, 3.8) is 0 Å². The molecule has 0 atom stereocenters. The molecule has 0 spiro atoms. The van der Waals surface area contributed by atoms with E-state index < -0.39 is 0 Å². The van der Waals surface area contributed by atoms with Gasteiger partial charge in [0.15, 0.2) is 5.58 Å². The number of nitrogens with zero attached hydrogens (tertiary/aromatic N) is 1. The minimum atomic E-state index is -0.234. The number of carbonyl (C=O) groups excluding carboxylic acids is 1. The number of benzene rings is 3. The third-order valence-corrected chi connectivity index (χ3v) is 6.73. The molecule has 1 N–H and O–H groups in total. The van der Waals surface area contributed by atoms with Crippen LogP contribution in [0.1, 0.15) is 22.5 Å². The fourth-order valence-corrected chi connectivity index (χ4v) is 4.15. The first-order chi connectivity index (χ1) is 17.4. The summed E-state index contributed by atoms with van der Waals surface area (Å²) in [5.41, 5.74) is 6.50. The van der Waals surface area contributed by atoms with Gasteiger partial charge in [-0.2, -0.15) is 0 Å². The number of aromatic nitrogens is 1. The van der Waals surface area contributed by atoms with Crippen molar-refractivity contribution in [3.05, 3.63) is 105 Å². The van der Waals surface area contributed by atoms with Gasteiger partial charge in [-0.05, 0) is 85.1 Å². The van der Waals surface area contributed by atoms with E-state index in [9.17, 15) is 4.79 Å². The average molecular weight is 517 g/mol. The summed E-state index contributed by atoms with van der Waals surface area (Å²) in [6.07, 6.45) is 3.04. The molecule has 0 radical (unpaired) electrons. The van der Waals surface area contributed by atoms with Crippen molar-refractivity contribution < 1.29 is 13.6 Å². The van der Waals surface area contributed by atoms with E-state index in [-0.39, 0.29) is 5.91 Å². The number of hydrogen-bond donors (Lipinski definition) is 1. The van der Waals surface area contributed by atoms with Gasteiger partial charge in [-0.15, -0.1) is 0 Å². The van der Waals surface area contributed by atoms with Crippen LogP contribution in [0.25, 0.3) is 40.0 Å². The molecule has 0 saturated heterocycles.